The lowest BCUT2D eigenvalue weighted by atomic mass is 10.0. The maximum Gasteiger partial charge on any atom is 0.231 e. The van der Waals surface area contributed by atoms with Crippen LogP contribution in [-0.4, -0.2) is 49.0 Å². The van der Waals surface area contributed by atoms with Crippen molar-refractivity contribution in [1.29, 1.82) is 0 Å². The Kier molecular flexibility index (Phi) is 6.96. The molecular weight excluding hydrogens is 390 g/mol. The number of hydrogen-bond acceptors (Lipinski definition) is 8. The molecule has 4 N–H and O–H groups in total. The fraction of sp³-hybridized carbons (Fsp3) is 0.565. The Bertz CT molecular complexity index is 850. The van der Waals surface area contributed by atoms with Gasteiger partial charge in [-0.25, -0.2) is 0 Å². The zero-order valence-corrected chi connectivity index (χ0v) is 18.9. The summed E-state index contributed by atoms with van der Waals surface area (Å²) in [5, 5.41) is 13.6. The molecule has 1 unspecified atom stereocenters. The number of rotatable bonds is 9. The third-order valence-corrected chi connectivity index (χ3v) is 5.73. The number of anilines is 6. The number of nitrogens with zero attached hydrogens (tertiary/aromatic N) is 3. The van der Waals surface area contributed by atoms with E-state index in [9.17, 15) is 0 Å². The van der Waals surface area contributed by atoms with Gasteiger partial charge in [-0.2, -0.15) is 9.97 Å². The highest BCUT2D eigenvalue weighted by molar-refractivity contribution is 5.82. The second kappa shape index (κ2) is 10.0. The maximum atomic E-state index is 5.44. The predicted molar refractivity (Wildman–Crippen MR) is 129 cm³/mol. The first kappa shape index (κ1) is 21.5. The largest absolute Gasteiger partial charge is 0.378 e. The molecule has 31 heavy (non-hydrogen) atoms. The minimum Gasteiger partial charge on any atom is -0.378 e. The highest BCUT2D eigenvalue weighted by Crippen LogP contribution is 2.33. The molecule has 8 heteroatoms. The number of fused-ring (bicyclic) bond motifs is 1. The van der Waals surface area contributed by atoms with Crippen LogP contribution in [-0.2, 0) is 4.74 Å². The number of morpholine rings is 1. The van der Waals surface area contributed by atoms with Gasteiger partial charge in [0.25, 0.3) is 0 Å². The maximum absolute atomic E-state index is 5.44. The number of nitrogens with one attached hydrogen (secondary N) is 4. The van der Waals surface area contributed by atoms with Gasteiger partial charge in [0.05, 0.1) is 19.9 Å². The van der Waals surface area contributed by atoms with Crippen molar-refractivity contribution in [2.75, 3.05) is 59.1 Å². The summed E-state index contributed by atoms with van der Waals surface area (Å²) in [6, 6.07) is 8.78. The fourth-order valence-corrected chi connectivity index (χ4v) is 3.98. The molecule has 2 aromatic rings. The van der Waals surface area contributed by atoms with E-state index >= 15 is 0 Å². The van der Waals surface area contributed by atoms with Crippen molar-refractivity contribution in [3.05, 3.63) is 24.3 Å². The van der Waals surface area contributed by atoms with Gasteiger partial charge in [0.2, 0.25) is 5.95 Å². The average Bonchev–Trinajstić information content (AvgIpc) is 3.24. The summed E-state index contributed by atoms with van der Waals surface area (Å²) < 4.78 is 5.44. The van der Waals surface area contributed by atoms with Crippen LogP contribution in [0.1, 0.15) is 40.0 Å². The van der Waals surface area contributed by atoms with E-state index in [-0.39, 0.29) is 0 Å². The number of aromatic nitrogens is 2. The van der Waals surface area contributed by atoms with Gasteiger partial charge >= 0.3 is 0 Å². The molecule has 1 fully saturated rings. The van der Waals surface area contributed by atoms with E-state index in [1.165, 1.54) is 18.5 Å². The quantitative estimate of drug-likeness (QED) is 0.468. The third kappa shape index (κ3) is 5.70. The van der Waals surface area contributed by atoms with Crippen LogP contribution < -0.4 is 26.2 Å². The van der Waals surface area contributed by atoms with Crippen LogP contribution in [0.4, 0.5) is 34.6 Å². The summed E-state index contributed by atoms with van der Waals surface area (Å²) in [4.78, 5) is 11.8. The average molecular weight is 426 g/mol. The Hall–Kier alpha value is -2.74. The molecule has 0 amide bonds. The van der Waals surface area contributed by atoms with Crippen LogP contribution in [0.25, 0.3) is 0 Å². The molecule has 1 saturated heterocycles. The van der Waals surface area contributed by atoms with Crippen molar-refractivity contribution < 1.29 is 4.74 Å². The lowest BCUT2D eigenvalue weighted by molar-refractivity contribution is 0.122. The SMILES string of the molecule is CC(C)CCCC(C)Nc1nc(Nc2ccc(N3CCOCC3)cc2)nc2c1NCN2. The van der Waals surface area contributed by atoms with Crippen LogP contribution >= 0.6 is 0 Å². The molecule has 0 spiro atoms. The van der Waals surface area contributed by atoms with Crippen molar-refractivity contribution in [2.24, 2.45) is 5.92 Å². The summed E-state index contributed by atoms with van der Waals surface area (Å²) in [6.07, 6.45) is 3.59. The molecular formula is C23H35N7O. The van der Waals surface area contributed by atoms with E-state index < -0.39 is 0 Å². The molecule has 1 aromatic carbocycles. The summed E-state index contributed by atoms with van der Waals surface area (Å²) in [6.45, 7) is 10.9. The topological polar surface area (TPSA) is 86.4 Å². The minimum absolute atomic E-state index is 0.348. The molecule has 0 radical (unpaired) electrons. The van der Waals surface area contributed by atoms with Crippen LogP contribution in [0, 0.1) is 5.92 Å². The van der Waals surface area contributed by atoms with Gasteiger partial charge in [0.1, 0.15) is 5.69 Å². The smallest absolute Gasteiger partial charge is 0.231 e. The van der Waals surface area contributed by atoms with Crippen LogP contribution in [0.15, 0.2) is 24.3 Å². The van der Waals surface area contributed by atoms with E-state index in [1.807, 2.05) is 0 Å². The molecule has 168 valence electrons. The highest BCUT2D eigenvalue weighted by atomic mass is 16.5. The van der Waals surface area contributed by atoms with E-state index in [0.717, 1.165) is 61.7 Å². The summed E-state index contributed by atoms with van der Waals surface area (Å²) in [7, 11) is 0. The lowest BCUT2D eigenvalue weighted by Gasteiger charge is -2.28. The van der Waals surface area contributed by atoms with Crippen molar-refractivity contribution >= 4 is 34.6 Å². The normalized spacial score (nSPS) is 16.5. The standard InChI is InChI=1S/C23H35N7O/c1-16(2)5-4-6-17(3)26-22-20-21(25-15-24-20)28-23(29-22)27-18-7-9-19(10-8-18)30-11-13-31-14-12-30/h7-10,16-17,24H,4-6,11-15H2,1-3H3,(H3,25,26,27,28,29). The Morgan fingerprint density at radius 1 is 1.03 bits per heavy atom. The Labute approximate surface area is 185 Å². The molecule has 8 nitrogen and oxygen atoms in total. The summed E-state index contributed by atoms with van der Waals surface area (Å²) >= 11 is 0. The molecule has 2 aliphatic heterocycles. The van der Waals surface area contributed by atoms with E-state index in [0.29, 0.717) is 18.7 Å². The van der Waals surface area contributed by atoms with Gasteiger partial charge in [-0.05, 0) is 43.5 Å². The van der Waals surface area contributed by atoms with Crippen molar-refractivity contribution in [3.8, 4) is 0 Å². The lowest BCUT2D eigenvalue weighted by Crippen LogP contribution is -2.36. The van der Waals surface area contributed by atoms with Crippen LogP contribution in [0.5, 0.6) is 0 Å². The van der Waals surface area contributed by atoms with Gasteiger partial charge in [-0.3, -0.25) is 0 Å². The summed E-state index contributed by atoms with van der Waals surface area (Å²) in [5.74, 6) is 3.01. The van der Waals surface area contributed by atoms with E-state index in [2.05, 4.69) is 76.2 Å². The second-order valence-corrected chi connectivity index (χ2v) is 8.79. The van der Waals surface area contributed by atoms with Gasteiger partial charge in [-0.15, -0.1) is 0 Å². The van der Waals surface area contributed by atoms with Gasteiger partial charge in [-0.1, -0.05) is 26.7 Å². The Balaban J connectivity index is 1.43. The number of hydrogen-bond donors (Lipinski definition) is 4. The van der Waals surface area contributed by atoms with Crippen LogP contribution in [0.3, 0.4) is 0 Å². The predicted octanol–water partition coefficient (Wildman–Crippen LogP) is 4.48. The van der Waals surface area contributed by atoms with Crippen LogP contribution in [0.2, 0.25) is 0 Å². The van der Waals surface area contributed by atoms with Crippen molar-refractivity contribution in [1.82, 2.24) is 9.97 Å². The zero-order chi connectivity index (χ0) is 21.6. The first-order valence-electron chi connectivity index (χ1n) is 11.4. The van der Waals surface area contributed by atoms with E-state index in [4.69, 9.17) is 9.72 Å². The molecule has 4 rings (SSSR count). The van der Waals surface area contributed by atoms with E-state index in [1.54, 1.807) is 0 Å². The molecule has 2 aliphatic rings. The summed E-state index contributed by atoms with van der Waals surface area (Å²) in [5.41, 5.74) is 3.13. The molecule has 1 aromatic heterocycles. The molecule has 0 saturated carbocycles. The Morgan fingerprint density at radius 2 is 1.81 bits per heavy atom. The second-order valence-electron chi connectivity index (χ2n) is 8.79. The molecule has 3 heterocycles. The third-order valence-electron chi connectivity index (χ3n) is 5.73. The molecule has 1 atom stereocenters. The monoisotopic (exact) mass is 425 g/mol. The first-order chi connectivity index (χ1) is 15.1. The first-order valence-corrected chi connectivity index (χ1v) is 11.4. The van der Waals surface area contributed by atoms with Crippen molar-refractivity contribution in [3.63, 3.8) is 0 Å². The number of ether oxygens (including phenoxy) is 1. The zero-order valence-electron chi connectivity index (χ0n) is 18.9. The molecule has 0 aliphatic carbocycles. The Morgan fingerprint density at radius 3 is 2.55 bits per heavy atom. The van der Waals surface area contributed by atoms with Gasteiger partial charge in [0.15, 0.2) is 11.6 Å². The molecule has 0 bridgehead atoms. The number of benzene rings is 1. The van der Waals surface area contributed by atoms with Gasteiger partial charge < -0.3 is 30.9 Å². The minimum atomic E-state index is 0.348. The fourth-order valence-electron chi connectivity index (χ4n) is 3.98. The highest BCUT2D eigenvalue weighted by Gasteiger charge is 2.20. The van der Waals surface area contributed by atoms with Crippen molar-refractivity contribution in [2.45, 2.75) is 46.1 Å². The van der Waals surface area contributed by atoms with Gasteiger partial charge in [0, 0.05) is 30.5 Å².